The second-order valence-corrected chi connectivity index (χ2v) is 6.33. The fourth-order valence-corrected chi connectivity index (χ4v) is 3.72. The van der Waals surface area contributed by atoms with Gasteiger partial charge in [-0.25, -0.2) is 0 Å². The van der Waals surface area contributed by atoms with Crippen molar-refractivity contribution in [2.24, 2.45) is 0 Å². The average Bonchev–Trinajstić information content (AvgIpc) is 2.74. The molecule has 3 rings (SSSR count). The van der Waals surface area contributed by atoms with Crippen LogP contribution in [0.25, 0.3) is 10.1 Å². The summed E-state index contributed by atoms with van der Waals surface area (Å²) in [5, 5.41) is 0.977. The van der Waals surface area contributed by atoms with Crippen LogP contribution in [-0.4, -0.2) is 36.6 Å². The SMILES string of the molecule is Cc1ccc2c(N)c(C(=O)N3CCOC(C)C3)sc2c1. The van der Waals surface area contributed by atoms with Gasteiger partial charge in [0.1, 0.15) is 4.88 Å². The first-order valence-electron chi connectivity index (χ1n) is 6.76. The number of fused-ring (bicyclic) bond motifs is 1. The molecule has 0 spiro atoms. The highest BCUT2D eigenvalue weighted by molar-refractivity contribution is 7.21. The Hall–Kier alpha value is -1.59. The maximum Gasteiger partial charge on any atom is 0.266 e. The lowest BCUT2D eigenvalue weighted by atomic mass is 10.1. The highest BCUT2D eigenvalue weighted by Crippen LogP contribution is 2.35. The Morgan fingerprint density at radius 2 is 2.30 bits per heavy atom. The Bertz CT molecular complexity index is 665. The van der Waals surface area contributed by atoms with Crippen LogP contribution in [0.5, 0.6) is 0 Å². The summed E-state index contributed by atoms with van der Waals surface area (Å²) in [5.74, 6) is 0.0245. The molecule has 0 saturated carbocycles. The van der Waals surface area contributed by atoms with E-state index >= 15 is 0 Å². The lowest BCUT2D eigenvalue weighted by Crippen LogP contribution is -2.44. The molecule has 1 amide bonds. The van der Waals surface area contributed by atoms with E-state index in [9.17, 15) is 4.79 Å². The molecule has 4 nitrogen and oxygen atoms in total. The summed E-state index contributed by atoms with van der Waals surface area (Å²) in [7, 11) is 0. The molecule has 1 aromatic carbocycles. The van der Waals surface area contributed by atoms with Crippen molar-refractivity contribution in [2.75, 3.05) is 25.4 Å². The van der Waals surface area contributed by atoms with E-state index in [2.05, 4.69) is 6.07 Å². The summed E-state index contributed by atoms with van der Waals surface area (Å²) >= 11 is 1.48. The number of thiophene rings is 1. The zero-order chi connectivity index (χ0) is 14.3. The number of anilines is 1. The number of hydrogen-bond acceptors (Lipinski definition) is 4. The first-order valence-corrected chi connectivity index (χ1v) is 7.57. The monoisotopic (exact) mass is 290 g/mol. The van der Waals surface area contributed by atoms with Gasteiger partial charge in [-0.05, 0) is 25.5 Å². The Kier molecular flexibility index (Phi) is 3.40. The number of morpholine rings is 1. The second-order valence-electron chi connectivity index (χ2n) is 5.28. The molecule has 1 atom stereocenters. The summed E-state index contributed by atoms with van der Waals surface area (Å²) in [5.41, 5.74) is 7.95. The van der Waals surface area contributed by atoms with Crippen molar-refractivity contribution >= 4 is 33.0 Å². The number of rotatable bonds is 1. The number of nitrogen functional groups attached to an aromatic ring is 1. The Labute approximate surface area is 122 Å². The number of aryl methyl sites for hydroxylation is 1. The van der Waals surface area contributed by atoms with Crippen LogP contribution in [-0.2, 0) is 4.74 Å². The molecule has 0 bridgehead atoms. The molecular weight excluding hydrogens is 272 g/mol. The van der Waals surface area contributed by atoms with Crippen molar-refractivity contribution in [3.8, 4) is 0 Å². The van der Waals surface area contributed by atoms with Crippen molar-refractivity contribution in [3.05, 3.63) is 28.6 Å². The number of carbonyl (C=O) groups is 1. The molecule has 20 heavy (non-hydrogen) atoms. The van der Waals surface area contributed by atoms with Gasteiger partial charge in [0, 0.05) is 23.2 Å². The van der Waals surface area contributed by atoms with Gasteiger partial charge in [-0.1, -0.05) is 12.1 Å². The minimum absolute atomic E-state index is 0.0245. The van der Waals surface area contributed by atoms with E-state index in [-0.39, 0.29) is 12.0 Å². The minimum atomic E-state index is 0.0245. The molecule has 1 aliphatic heterocycles. The number of hydrogen-bond donors (Lipinski definition) is 1. The maximum absolute atomic E-state index is 12.6. The molecule has 1 saturated heterocycles. The van der Waals surface area contributed by atoms with Crippen molar-refractivity contribution in [3.63, 3.8) is 0 Å². The third-order valence-electron chi connectivity index (χ3n) is 3.61. The van der Waals surface area contributed by atoms with Gasteiger partial charge in [0.25, 0.3) is 5.91 Å². The van der Waals surface area contributed by atoms with Crippen LogP contribution in [0.1, 0.15) is 22.2 Å². The van der Waals surface area contributed by atoms with Gasteiger partial charge in [-0.3, -0.25) is 4.79 Å². The van der Waals surface area contributed by atoms with Crippen LogP contribution in [0.15, 0.2) is 18.2 Å². The summed E-state index contributed by atoms with van der Waals surface area (Å²) in [6.45, 7) is 5.88. The molecule has 2 heterocycles. The van der Waals surface area contributed by atoms with Crippen LogP contribution in [0, 0.1) is 6.92 Å². The number of nitrogens with two attached hydrogens (primary N) is 1. The van der Waals surface area contributed by atoms with Crippen LogP contribution < -0.4 is 5.73 Å². The normalized spacial score (nSPS) is 19.5. The molecule has 1 aromatic heterocycles. The third-order valence-corrected chi connectivity index (χ3v) is 4.76. The van der Waals surface area contributed by atoms with Crippen molar-refractivity contribution in [1.82, 2.24) is 4.90 Å². The summed E-state index contributed by atoms with van der Waals surface area (Å²) in [4.78, 5) is 15.1. The largest absolute Gasteiger partial charge is 0.397 e. The van der Waals surface area contributed by atoms with Gasteiger partial charge >= 0.3 is 0 Å². The lowest BCUT2D eigenvalue weighted by molar-refractivity contribution is -0.0122. The molecule has 1 aliphatic rings. The fraction of sp³-hybridized carbons (Fsp3) is 0.400. The van der Waals surface area contributed by atoms with Crippen molar-refractivity contribution < 1.29 is 9.53 Å². The molecule has 2 N–H and O–H groups in total. The van der Waals surface area contributed by atoms with E-state index in [1.54, 1.807) is 0 Å². The first-order chi connectivity index (χ1) is 9.56. The fourth-order valence-electron chi connectivity index (χ4n) is 2.53. The van der Waals surface area contributed by atoms with Gasteiger partial charge in [-0.2, -0.15) is 0 Å². The maximum atomic E-state index is 12.6. The average molecular weight is 290 g/mol. The highest BCUT2D eigenvalue weighted by Gasteiger charge is 2.26. The molecule has 5 heteroatoms. The van der Waals surface area contributed by atoms with E-state index in [1.165, 1.54) is 16.9 Å². The summed E-state index contributed by atoms with van der Waals surface area (Å²) < 4.78 is 6.55. The quantitative estimate of drug-likeness (QED) is 0.878. The van der Waals surface area contributed by atoms with E-state index < -0.39 is 0 Å². The van der Waals surface area contributed by atoms with E-state index in [1.807, 2.05) is 30.9 Å². The van der Waals surface area contributed by atoms with Gasteiger partial charge in [0.2, 0.25) is 0 Å². The zero-order valence-electron chi connectivity index (χ0n) is 11.7. The minimum Gasteiger partial charge on any atom is -0.397 e. The Morgan fingerprint density at radius 1 is 1.50 bits per heavy atom. The van der Waals surface area contributed by atoms with Crippen molar-refractivity contribution in [2.45, 2.75) is 20.0 Å². The second kappa shape index (κ2) is 5.07. The van der Waals surface area contributed by atoms with E-state index in [0.29, 0.717) is 30.3 Å². The van der Waals surface area contributed by atoms with Crippen LogP contribution in [0.4, 0.5) is 5.69 Å². The van der Waals surface area contributed by atoms with Gasteiger partial charge < -0.3 is 15.4 Å². The van der Waals surface area contributed by atoms with Gasteiger partial charge in [0.05, 0.1) is 18.4 Å². The molecule has 1 fully saturated rings. The van der Waals surface area contributed by atoms with Gasteiger partial charge in [0.15, 0.2) is 0 Å². The van der Waals surface area contributed by atoms with E-state index in [0.717, 1.165) is 10.1 Å². The Morgan fingerprint density at radius 3 is 3.05 bits per heavy atom. The third kappa shape index (κ3) is 2.27. The molecule has 106 valence electrons. The van der Waals surface area contributed by atoms with Crippen LogP contribution >= 0.6 is 11.3 Å². The number of amides is 1. The first kappa shape index (κ1) is 13.4. The van der Waals surface area contributed by atoms with Crippen LogP contribution in [0.2, 0.25) is 0 Å². The van der Waals surface area contributed by atoms with Crippen molar-refractivity contribution in [1.29, 1.82) is 0 Å². The van der Waals surface area contributed by atoms with Gasteiger partial charge in [-0.15, -0.1) is 11.3 Å². The predicted molar refractivity (Wildman–Crippen MR) is 82.3 cm³/mol. The summed E-state index contributed by atoms with van der Waals surface area (Å²) in [6.07, 6.45) is 0.0885. The molecular formula is C15H18N2O2S. The summed E-state index contributed by atoms with van der Waals surface area (Å²) in [6, 6.07) is 6.10. The molecule has 0 aliphatic carbocycles. The lowest BCUT2D eigenvalue weighted by Gasteiger charge is -2.30. The van der Waals surface area contributed by atoms with E-state index in [4.69, 9.17) is 10.5 Å². The standard InChI is InChI=1S/C15H18N2O2S/c1-9-3-4-11-12(7-9)20-14(13(11)16)15(18)17-5-6-19-10(2)8-17/h3-4,7,10H,5-6,8,16H2,1-2H3. The smallest absolute Gasteiger partial charge is 0.266 e. The molecule has 2 aromatic rings. The Balaban J connectivity index is 1.97. The highest BCUT2D eigenvalue weighted by atomic mass is 32.1. The molecule has 0 radical (unpaired) electrons. The predicted octanol–water partition coefficient (Wildman–Crippen LogP) is 2.65. The molecule has 1 unspecified atom stereocenters. The zero-order valence-corrected chi connectivity index (χ0v) is 12.5. The van der Waals surface area contributed by atoms with Crippen LogP contribution in [0.3, 0.4) is 0 Å². The number of nitrogens with zero attached hydrogens (tertiary/aromatic N) is 1. The topological polar surface area (TPSA) is 55.6 Å². The number of ether oxygens (including phenoxy) is 1. The number of carbonyl (C=O) groups excluding carboxylic acids is 1. The number of benzene rings is 1.